The minimum Gasteiger partial charge on any atom is -0.368 e. The second kappa shape index (κ2) is 8.34. The zero-order valence-corrected chi connectivity index (χ0v) is 18.3. The summed E-state index contributed by atoms with van der Waals surface area (Å²) in [6, 6.07) is 16.7. The van der Waals surface area contributed by atoms with Crippen molar-refractivity contribution in [3.8, 4) is 11.3 Å². The van der Waals surface area contributed by atoms with Gasteiger partial charge in [-0.05, 0) is 31.2 Å². The van der Waals surface area contributed by atoms with Crippen LogP contribution in [0.2, 0.25) is 0 Å². The van der Waals surface area contributed by atoms with Crippen molar-refractivity contribution in [2.24, 2.45) is 0 Å². The molecule has 0 bridgehead atoms. The average molecular weight is 427 g/mol. The Labute approximate surface area is 187 Å². The number of rotatable bonds is 4. The molecule has 1 N–H and O–H groups in total. The number of hydrogen-bond acceptors (Lipinski definition) is 5. The van der Waals surface area contributed by atoms with Crippen molar-refractivity contribution in [1.82, 2.24) is 19.3 Å². The van der Waals surface area contributed by atoms with Gasteiger partial charge in [0.2, 0.25) is 5.91 Å². The summed E-state index contributed by atoms with van der Waals surface area (Å²) in [7, 11) is 0. The lowest BCUT2D eigenvalue weighted by atomic mass is 10.1. The largest absolute Gasteiger partial charge is 0.368 e. The van der Waals surface area contributed by atoms with Crippen LogP contribution in [0.1, 0.15) is 12.5 Å². The summed E-state index contributed by atoms with van der Waals surface area (Å²) in [6.45, 7) is 6.94. The van der Waals surface area contributed by atoms with E-state index >= 15 is 0 Å². The number of aryl methyl sites for hydroxylation is 1. The lowest BCUT2D eigenvalue weighted by Gasteiger charge is -2.35. The van der Waals surface area contributed by atoms with Gasteiger partial charge in [-0.15, -0.1) is 0 Å². The number of piperazine rings is 1. The number of aromatic nitrogens is 3. The molecule has 2 aromatic heterocycles. The van der Waals surface area contributed by atoms with E-state index in [9.17, 15) is 4.79 Å². The second-order valence-electron chi connectivity index (χ2n) is 8.16. The van der Waals surface area contributed by atoms with E-state index in [4.69, 9.17) is 4.98 Å². The molecule has 1 fully saturated rings. The maximum atomic E-state index is 11.5. The molecule has 0 aliphatic carbocycles. The molecule has 0 saturated carbocycles. The summed E-state index contributed by atoms with van der Waals surface area (Å²) < 4.78 is 1.99. The van der Waals surface area contributed by atoms with Crippen molar-refractivity contribution in [1.29, 1.82) is 0 Å². The third-order valence-corrected chi connectivity index (χ3v) is 5.94. The predicted molar refractivity (Wildman–Crippen MR) is 127 cm³/mol. The fraction of sp³-hybridized carbons (Fsp3) is 0.240. The molecule has 5 rings (SSSR count). The van der Waals surface area contributed by atoms with Crippen LogP contribution in [-0.2, 0) is 4.79 Å². The highest BCUT2D eigenvalue weighted by Gasteiger charge is 2.18. The maximum Gasteiger partial charge on any atom is 0.219 e. The Hall–Kier alpha value is -3.87. The highest BCUT2D eigenvalue weighted by molar-refractivity contribution is 5.75. The number of imidazole rings is 1. The van der Waals surface area contributed by atoms with E-state index in [0.29, 0.717) is 0 Å². The second-order valence-corrected chi connectivity index (χ2v) is 8.16. The molecule has 1 amide bonds. The molecule has 7 heteroatoms. The van der Waals surface area contributed by atoms with Gasteiger partial charge in [0.15, 0.2) is 11.5 Å². The smallest absolute Gasteiger partial charge is 0.219 e. The van der Waals surface area contributed by atoms with Gasteiger partial charge < -0.3 is 19.5 Å². The molecule has 0 unspecified atom stereocenters. The van der Waals surface area contributed by atoms with Gasteiger partial charge in [0, 0.05) is 68.6 Å². The maximum absolute atomic E-state index is 11.5. The molecule has 1 saturated heterocycles. The Morgan fingerprint density at radius 2 is 1.69 bits per heavy atom. The molecule has 7 nitrogen and oxygen atoms in total. The van der Waals surface area contributed by atoms with Crippen molar-refractivity contribution in [2.45, 2.75) is 13.8 Å². The van der Waals surface area contributed by atoms with Crippen molar-refractivity contribution in [3.63, 3.8) is 0 Å². The normalized spacial score (nSPS) is 14.1. The van der Waals surface area contributed by atoms with E-state index in [-0.39, 0.29) is 5.91 Å². The fourth-order valence-corrected chi connectivity index (χ4v) is 4.05. The summed E-state index contributed by atoms with van der Waals surface area (Å²) >= 11 is 0. The molecule has 0 spiro atoms. The molecule has 4 aromatic rings. The lowest BCUT2D eigenvalue weighted by molar-refractivity contribution is -0.129. The van der Waals surface area contributed by atoms with Gasteiger partial charge in [0.25, 0.3) is 0 Å². The van der Waals surface area contributed by atoms with Crippen LogP contribution < -0.4 is 10.2 Å². The summed E-state index contributed by atoms with van der Waals surface area (Å²) in [5, 5.41) is 3.44. The standard InChI is InChI=1S/C25H26N6O/c1-18-3-5-20(6-4-18)23-17-31-12-11-26-25(31)24(28-23)27-21-7-9-22(10-8-21)30-15-13-29(14-16-30)19(2)32/h3-12,17H,13-16H2,1-2H3,(H,27,28). The van der Waals surface area contributed by atoms with Gasteiger partial charge in [0.1, 0.15) is 0 Å². The Balaban J connectivity index is 1.37. The summed E-state index contributed by atoms with van der Waals surface area (Å²) in [5.41, 5.74) is 6.07. The molecule has 0 radical (unpaired) electrons. The van der Waals surface area contributed by atoms with E-state index in [2.05, 4.69) is 70.7 Å². The molecule has 1 aliphatic rings. The van der Waals surface area contributed by atoms with Crippen molar-refractivity contribution < 1.29 is 4.79 Å². The Morgan fingerprint density at radius 3 is 2.38 bits per heavy atom. The highest BCUT2D eigenvalue weighted by Crippen LogP contribution is 2.26. The summed E-state index contributed by atoms with van der Waals surface area (Å²) in [5.74, 6) is 0.866. The van der Waals surface area contributed by atoms with E-state index in [0.717, 1.165) is 60.3 Å². The quantitative estimate of drug-likeness (QED) is 0.532. The first-order chi connectivity index (χ1) is 15.6. The van der Waals surface area contributed by atoms with E-state index < -0.39 is 0 Å². The number of amides is 1. The molecule has 162 valence electrons. The SMILES string of the molecule is CC(=O)N1CCN(c2ccc(Nc3nc(-c4ccc(C)cc4)cn4ccnc34)cc2)CC1. The van der Waals surface area contributed by atoms with Gasteiger partial charge in [-0.3, -0.25) is 4.79 Å². The highest BCUT2D eigenvalue weighted by atomic mass is 16.2. The first-order valence-corrected chi connectivity index (χ1v) is 10.9. The lowest BCUT2D eigenvalue weighted by Crippen LogP contribution is -2.48. The third-order valence-electron chi connectivity index (χ3n) is 5.94. The molecule has 1 aliphatic heterocycles. The minimum atomic E-state index is 0.148. The zero-order chi connectivity index (χ0) is 22.1. The first kappa shape index (κ1) is 20.1. The molecule has 3 heterocycles. The van der Waals surface area contributed by atoms with Gasteiger partial charge in [-0.1, -0.05) is 29.8 Å². The van der Waals surface area contributed by atoms with Crippen LogP contribution in [-0.4, -0.2) is 51.4 Å². The Kier molecular flexibility index (Phi) is 5.23. The Morgan fingerprint density at radius 1 is 0.969 bits per heavy atom. The van der Waals surface area contributed by atoms with Crippen molar-refractivity contribution >= 4 is 28.7 Å². The van der Waals surface area contributed by atoms with Gasteiger partial charge >= 0.3 is 0 Å². The molecule has 32 heavy (non-hydrogen) atoms. The van der Waals surface area contributed by atoms with Crippen LogP contribution in [0.5, 0.6) is 0 Å². The molecular weight excluding hydrogens is 400 g/mol. The number of hydrogen-bond donors (Lipinski definition) is 1. The Bertz CT molecular complexity index is 1240. The van der Waals surface area contributed by atoms with Gasteiger partial charge in [0.05, 0.1) is 5.69 Å². The van der Waals surface area contributed by atoms with Crippen LogP contribution in [0.25, 0.3) is 16.9 Å². The predicted octanol–water partition coefficient (Wildman–Crippen LogP) is 4.12. The van der Waals surface area contributed by atoms with Crippen LogP contribution in [0.3, 0.4) is 0 Å². The van der Waals surface area contributed by atoms with Crippen LogP contribution in [0, 0.1) is 6.92 Å². The number of nitrogens with one attached hydrogen (secondary N) is 1. The van der Waals surface area contributed by atoms with Gasteiger partial charge in [-0.25, -0.2) is 9.97 Å². The average Bonchev–Trinajstić information content (AvgIpc) is 3.29. The summed E-state index contributed by atoms with van der Waals surface area (Å²) in [4.78, 5) is 25.1. The number of nitrogens with zero attached hydrogens (tertiary/aromatic N) is 5. The van der Waals surface area contributed by atoms with Crippen LogP contribution in [0.4, 0.5) is 17.2 Å². The topological polar surface area (TPSA) is 65.8 Å². The third kappa shape index (κ3) is 4.01. The van der Waals surface area contributed by atoms with E-state index in [1.54, 1.807) is 13.1 Å². The number of fused-ring (bicyclic) bond motifs is 1. The van der Waals surface area contributed by atoms with Crippen molar-refractivity contribution in [2.75, 3.05) is 36.4 Å². The summed E-state index contributed by atoms with van der Waals surface area (Å²) in [6.07, 6.45) is 5.72. The number of carbonyl (C=O) groups excluding carboxylic acids is 1. The minimum absolute atomic E-state index is 0.148. The number of carbonyl (C=O) groups is 1. The fourth-order valence-electron chi connectivity index (χ4n) is 4.05. The van der Waals surface area contributed by atoms with E-state index in [1.807, 2.05) is 21.7 Å². The monoisotopic (exact) mass is 426 g/mol. The van der Waals surface area contributed by atoms with E-state index in [1.165, 1.54) is 5.56 Å². The molecule has 2 aromatic carbocycles. The molecule has 0 atom stereocenters. The van der Waals surface area contributed by atoms with Crippen molar-refractivity contribution in [3.05, 3.63) is 72.7 Å². The number of benzene rings is 2. The molecular formula is C25H26N6O. The van der Waals surface area contributed by atoms with Crippen LogP contribution >= 0.6 is 0 Å². The van der Waals surface area contributed by atoms with Crippen LogP contribution in [0.15, 0.2) is 67.1 Å². The number of anilines is 3. The first-order valence-electron chi connectivity index (χ1n) is 10.9. The zero-order valence-electron chi connectivity index (χ0n) is 18.3. The van der Waals surface area contributed by atoms with Gasteiger partial charge in [-0.2, -0.15) is 0 Å².